The van der Waals surface area contributed by atoms with Crippen molar-refractivity contribution >= 4 is 5.91 Å². The summed E-state index contributed by atoms with van der Waals surface area (Å²) in [6.07, 6.45) is 2.20. The van der Waals surface area contributed by atoms with Gasteiger partial charge in [-0.1, -0.05) is 6.92 Å². The average Bonchev–Trinajstić information content (AvgIpc) is 3.28. The Balaban J connectivity index is 1.62. The van der Waals surface area contributed by atoms with E-state index in [2.05, 4.69) is 11.9 Å². The molecule has 4 rings (SSSR count). The van der Waals surface area contributed by atoms with Gasteiger partial charge in [-0.25, -0.2) is 4.98 Å². The number of fused-ring (bicyclic) bond motifs is 1. The van der Waals surface area contributed by atoms with Gasteiger partial charge in [0.2, 0.25) is 0 Å². The van der Waals surface area contributed by atoms with Crippen molar-refractivity contribution in [3.8, 4) is 22.8 Å². The van der Waals surface area contributed by atoms with Gasteiger partial charge in [0, 0.05) is 18.7 Å². The first-order valence-electron chi connectivity index (χ1n) is 8.42. The molecular formula is C18H21N3O4. The number of hydrogen-bond donors (Lipinski definition) is 1. The van der Waals surface area contributed by atoms with Gasteiger partial charge in [0.25, 0.3) is 5.91 Å². The van der Waals surface area contributed by atoms with Crippen LogP contribution in [0.3, 0.4) is 0 Å². The third kappa shape index (κ3) is 2.84. The largest absolute Gasteiger partial charge is 0.486 e. The molecule has 1 atom stereocenters. The minimum absolute atomic E-state index is 0.0312. The van der Waals surface area contributed by atoms with Gasteiger partial charge in [-0.2, -0.15) is 0 Å². The molecule has 0 radical (unpaired) electrons. The fourth-order valence-electron chi connectivity index (χ4n) is 3.30. The maximum atomic E-state index is 12.9. The summed E-state index contributed by atoms with van der Waals surface area (Å²) in [5.41, 5.74) is 6.86. The first-order valence-corrected chi connectivity index (χ1v) is 8.42. The lowest BCUT2D eigenvalue weighted by molar-refractivity contribution is 0.0772. The van der Waals surface area contributed by atoms with Crippen LogP contribution in [0.2, 0.25) is 0 Å². The van der Waals surface area contributed by atoms with Gasteiger partial charge >= 0.3 is 0 Å². The van der Waals surface area contributed by atoms with E-state index in [4.69, 9.17) is 19.6 Å². The lowest BCUT2D eigenvalue weighted by Crippen LogP contribution is -2.34. The van der Waals surface area contributed by atoms with Crippen molar-refractivity contribution in [3.63, 3.8) is 0 Å². The van der Waals surface area contributed by atoms with E-state index < -0.39 is 0 Å². The molecule has 25 heavy (non-hydrogen) atoms. The molecule has 1 saturated heterocycles. The Bertz CT molecular complexity index is 803. The molecule has 7 nitrogen and oxygen atoms in total. The van der Waals surface area contributed by atoms with Crippen LogP contribution in [0.4, 0.5) is 0 Å². The molecule has 0 bridgehead atoms. The van der Waals surface area contributed by atoms with Crippen molar-refractivity contribution in [2.45, 2.75) is 13.3 Å². The molecule has 2 aromatic rings. The Morgan fingerprint density at radius 2 is 2.12 bits per heavy atom. The molecule has 0 saturated carbocycles. The molecule has 3 heterocycles. The maximum absolute atomic E-state index is 12.9. The number of carbonyl (C=O) groups excluding carboxylic acids is 1. The summed E-state index contributed by atoms with van der Waals surface area (Å²) in [6, 6.07) is 5.49. The summed E-state index contributed by atoms with van der Waals surface area (Å²) in [4.78, 5) is 18.9. The standard InChI is InChI=1S/C18H21N3O4/c1-18(9-19)4-5-21(10-18)17(22)15-16(25-11-20-15)12-2-3-13-14(8-12)24-7-6-23-13/h2-3,8,11H,4-7,9-10,19H2,1H3. The molecule has 7 heteroatoms. The predicted octanol–water partition coefficient (Wildman–Crippen LogP) is 1.92. The lowest BCUT2D eigenvalue weighted by atomic mass is 9.90. The van der Waals surface area contributed by atoms with E-state index in [-0.39, 0.29) is 11.3 Å². The van der Waals surface area contributed by atoms with E-state index in [0.29, 0.717) is 55.8 Å². The van der Waals surface area contributed by atoms with Crippen molar-refractivity contribution in [2.75, 3.05) is 32.8 Å². The molecule has 0 aliphatic carbocycles. The van der Waals surface area contributed by atoms with Gasteiger partial charge in [-0.05, 0) is 36.6 Å². The third-order valence-corrected chi connectivity index (χ3v) is 4.91. The summed E-state index contributed by atoms with van der Waals surface area (Å²) < 4.78 is 16.7. The lowest BCUT2D eigenvalue weighted by Gasteiger charge is -2.22. The van der Waals surface area contributed by atoms with E-state index >= 15 is 0 Å². The van der Waals surface area contributed by atoms with Crippen molar-refractivity contribution in [3.05, 3.63) is 30.3 Å². The second-order valence-corrected chi connectivity index (χ2v) is 6.88. The number of aromatic nitrogens is 1. The Morgan fingerprint density at radius 1 is 1.32 bits per heavy atom. The molecule has 1 fully saturated rings. The zero-order valence-electron chi connectivity index (χ0n) is 14.2. The van der Waals surface area contributed by atoms with E-state index in [1.165, 1.54) is 6.39 Å². The highest BCUT2D eigenvalue weighted by atomic mass is 16.6. The summed E-state index contributed by atoms with van der Waals surface area (Å²) in [5, 5.41) is 0. The number of amides is 1. The van der Waals surface area contributed by atoms with Crippen LogP contribution in [-0.4, -0.2) is 48.6 Å². The number of carbonyl (C=O) groups is 1. The van der Waals surface area contributed by atoms with Crippen molar-refractivity contribution < 1.29 is 18.7 Å². The van der Waals surface area contributed by atoms with E-state index in [9.17, 15) is 4.79 Å². The fourth-order valence-corrected chi connectivity index (χ4v) is 3.30. The Kier molecular flexibility index (Phi) is 3.88. The van der Waals surface area contributed by atoms with Crippen LogP contribution in [0, 0.1) is 5.41 Å². The van der Waals surface area contributed by atoms with Crippen LogP contribution in [-0.2, 0) is 0 Å². The predicted molar refractivity (Wildman–Crippen MR) is 90.6 cm³/mol. The molecule has 2 N–H and O–H groups in total. The minimum Gasteiger partial charge on any atom is -0.486 e. The molecule has 1 amide bonds. The molecule has 2 aliphatic rings. The van der Waals surface area contributed by atoms with Crippen molar-refractivity contribution in [1.29, 1.82) is 0 Å². The molecule has 1 aromatic heterocycles. The van der Waals surface area contributed by atoms with Crippen LogP contribution in [0.1, 0.15) is 23.8 Å². The van der Waals surface area contributed by atoms with Crippen LogP contribution in [0.5, 0.6) is 11.5 Å². The molecule has 132 valence electrons. The van der Waals surface area contributed by atoms with Crippen LogP contribution >= 0.6 is 0 Å². The molecule has 2 aliphatic heterocycles. The van der Waals surface area contributed by atoms with E-state index in [0.717, 1.165) is 12.0 Å². The Labute approximate surface area is 145 Å². The van der Waals surface area contributed by atoms with Gasteiger partial charge in [-0.15, -0.1) is 0 Å². The van der Waals surface area contributed by atoms with E-state index in [1.54, 1.807) is 4.90 Å². The summed E-state index contributed by atoms with van der Waals surface area (Å²) in [7, 11) is 0. The van der Waals surface area contributed by atoms with Crippen LogP contribution < -0.4 is 15.2 Å². The van der Waals surface area contributed by atoms with Crippen molar-refractivity contribution in [1.82, 2.24) is 9.88 Å². The highest BCUT2D eigenvalue weighted by molar-refractivity contribution is 5.98. The normalized spacial score (nSPS) is 22.2. The first kappa shape index (κ1) is 16.0. The number of rotatable bonds is 3. The quantitative estimate of drug-likeness (QED) is 0.916. The summed E-state index contributed by atoms with van der Waals surface area (Å²) >= 11 is 0. The number of oxazole rings is 1. The summed E-state index contributed by atoms with van der Waals surface area (Å²) in [5.74, 6) is 1.66. The van der Waals surface area contributed by atoms with Crippen molar-refractivity contribution in [2.24, 2.45) is 11.1 Å². The number of hydrogen-bond acceptors (Lipinski definition) is 6. The smallest absolute Gasteiger partial charge is 0.276 e. The number of nitrogens with two attached hydrogens (primary N) is 1. The van der Waals surface area contributed by atoms with Gasteiger partial charge in [0.05, 0.1) is 0 Å². The minimum atomic E-state index is -0.129. The molecule has 1 unspecified atom stereocenters. The fraction of sp³-hybridized carbons (Fsp3) is 0.444. The number of ether oxygens (including phenoxy) is 2. The van der Waals surface area contributed by atoms with Gasteiger partial charge < -0.3 is 24.5 Å². The Morgan fingerprint density at radius 3 is 2.88 bits per heavy atom. The SMILES string of the molecule is CC1(CN)CCN(C(=O)c2ncoc2-c2ccc3c(c2)OCCO3)C1. The van der Waals surface area contributed by atoms with Gasteiger partial charge in [0.15, 0.2) is 29.3 Å². The first-order chi connectivity index (χ1) is 12.1. The summed E-state index contributed by atoms with van der Waals surface area (Å²) in [6.45, 7) is 5.02. The average molecular weight is 343 g/mol. The van der Waals surface area contributed by atoms with Crippen LogP contribution in [0.25, 0.3) is 11.3 Å². The zero-order valence-corrected chi connectivity index (χ0v) is 14.2. The molecule has 0 spiro atoms. The van der Waals surface area contributed by atoms with Gasteiger partial charge in [-0.3, -0.25) is 4.79 Å². The second-order valence-electron chi connectivity index (χ2n) is 6.88. The van der Waals surface area contributed by atoms with Gasteiger partial charge in [0.1, 0.15) is 13.2 Å². The number of benzene rings is 1. The molecular weight excluding hydrogens is 322 g/mol. The second kappa shape index (κ2) is 6.07. The number of nitrogens with zero attached hydrogens (tertiary/aromatic N) is 2. The highest BCUT2D eigenvalue weighted by Crippen LogP contribution is 2.36. The maximum Gasteiger partial charge on any atom is 0.276 e. The highest BCUT2D eigenvalue weighted by Gasteiger charge is 2.37. The monoisotopic (exact) mass is 343 g/mol. The zero-order chi connectivity index (χ0) is 17.4. The number of likely N-dealkylation sites (tertiary alicyclic amines) is 1. The van der Waals surface area contributed by atoms with Crippen LogP contribution in [0.15, 0.2) is 29.0 Å². The topological polar surface area (TPSA) is 90.8 Å². The Hall–Kier alpha value is -2.54. The van der Waals surface area contributed by atoms with E-state index in [1.807, 2.05) is 18.2 Å². The molecule has 1 aromatic carbocycles. The third-order valence-electron chi connectivity index (χ3n) is 4.91.